The van der Waals surface area contributed by atoms with Crippen molar-refractivity contribution in [3.63, 3.8) is 0 Å². The highest BCUT2D eigenvalue weighted by Gasteiger charge is 2.15. The number of hydrogen-bond donors (Lipinski definition) is 2. The summed E-state index contributed by atoms with van der Waals surface area (Å²) in [6.45, 7) is 4.54. The third-order valence-corrected chi connectivity index (χ3v) is 6.41. The molecule has 3 aromatic carbocycles. The highest BCUT2D eigenvalue weighted by molar-refractivity contribution is 7.99. The van der Waals surface area contributed by atoms with Crippen LogP contribution in [0.3, 0.4) is 0 Å². The summed E-state index contributed by atoms with van der Waals surface area (Å²) >= 11 is 7.50. The number of nitrogens with one attached hydrogen (secondary N) is 2. The van der Waals surface area contributed by atoms with Gasteiger partial charge in [0.05, 0.1) is 6.54 Å². The van der Waals surface area contributed by atoms with E-state index in [4.69, 9.17) is 11.6 Å². The quantitative estimate of drug-likeness (QED) is 0.270. The molecule has 8 heteroatoms. The Bertz CT molecular complexity index is 1260. The number of hydrogen-bond acceptors (Lipinski definition) is 5. The van der Waals surface area contributed by atoms with Crippen molar-refractivity contribution in [3.05, 3.63) is 94.8 Å². The first kappa shape index (κ1) is 23.9. The fourth-order valence-corrected chi connectivity index (χ4v) is 4.53. The molecule has 1 amide bonds. The first-order chi connectivity index (χ1) is 16.5. The third-order valence-electron chi connectivity index (χ3n) is 5.23. The van der Waals surface area contributed by atoms with E-state index in [1.807, 2.05) is 85.1 Å². The normalized spacial score (nSPS) is 10.8. The van der Waals surface area contributed by atoms with Gasteiger partial charge in [0.15, 0.2) is 11.0 Å². The maximum absolute atomic E-state index is 12.5. The first-order valence-corrected chi connectivity index (χ1v) is 12.3. The molecule has 4 aromatic rings. The minimum Gasteiger partial charge on any atom is -0.378 e. The van der Waals surface area contributed by atoms with E-state index in [1.54, 1.807) is 0 Å². The lowest BCUT2D eigenvalue weighted by atomic mass is 10.1. The van der Waals surface area contributed by atoms with Gasteiger partial charge in [-0.2, -0.15) is 0 Å². The Morgan fingerprint density at radius 2 is 1.76 bits per heavy atom. The molecule has 4 rings (SSSR count). The van der Waals surface area contributed by atoms with Gasteiger partial charge < -0.3 is 10.6 Å². The van der Waals surface area contributed by atoms with Crippen LogP contribution in [0.15, 0.2) is 78.0 Å². The summed E-state index contributed by atoms with van der Waals surface area (Å²) in [5, 5.41) is 16.6. The van der Waals surface area contributed by atoms with E-state index >= 15 is 0 Å². The Balaban J connectivity index is 1.42. The largest absolute Gasteiger partial charge is 0.378 e. The van der Waals surface area contributed by atoms with Crippen LogP contribution in [0.4, 0.5) is 11.4 Å². The molecule has 0 saturated heterocycles. The lowest BCUT2D eigenvalue weighted by Gasteiger charge is -2.12. The number of aryl methyl sites for hydroxylation is 2. The van der Waals surface area contributed by atoms with Crippen LogP contribution in [-0.4, -0.2) is 26.4 Å². The van der Waals surface area contributed by atoms with Crippen LogP contribution >= 0.6 is 23.4 Å². The second kappa shape index (κ2) is 11.2. The summed E-state index contributed by atoms with van der Waals surface area (Å²) in [6.07, 6.45) is 0.373. The highest BCUT2D eigenvalue weighted by Crippen LogP contribution is 2.24. The van der Waals surface area contributed by atoms with Gasteiger partial charge in [0, 0.05) is 34.3 Å². The van der Waals surface area contributed by atoms with Crippen LogP contribution in [0, 0.1) is 13.8 Å². The molecule has 1 aromatic heterocycles. The molecule has 34 heavy (non-hydrogen) atoms. The van der Waals surface area contributed by atoms with Crippen molar-refractivity contribution in [3.8, 4) is 5.69 Å². The lowest BCUT2D eigenvalue weighted by Crippen LogP contribution is -2.13. The van der Waals surface area contributed by atoms with Gasteiger partial charge >= 0.3 is 0 Å². The van der Waals surface area contributed by atoms with Gasteiger partial charge in [0.25, 0.3) is 0 Å². The molecule has 0 radical (unpaired) electrons. The summed E-state index contributed by atoms with van der Waals surface area (Å²) in [4.78, 5) is 12.5. The molecule has 0 aliphatic rings. The average molecular weight is 492 g/mol. The number of nitrogens with zero attached hydrogens (tertiary/aromatic N) is 3. The molecule has 0 unspecified atom stereocenters. The molecule has 0 spiro atoms. The standard InChI is InChI=1S/C26H26ClN5OS/c1-18-8-13-23(19(2)16-18)29-25(33)14-15-34-26-31-30-24(32(26)22-6-4-3-5-7-22)17-28-21-11-9-20(27)10-12-21/h3-13,16,28H,14-15,17H2,1-2H3,(H,29,33). The lowest BCUT2D eigenvalue weighted by molar-refractivity contribution is -0.115. The molecule has 0 atom stereocenters. The molecular formula is C26H26ClN5OS. The maximum Gasteiger partial charge on any atom is 0.225 e. The second-order valence-corrected chi connectivity index (χ2v) is 9.39. The van der Waals surface area contributed by atoms with Crippen molar-refractivity contribution in [2.75, 3.05) is 16.4 Å². The van der Waals surface area contributed by atoms with Crippen LogP contribution in [0.5, 0.6) is 0 Å². The van der Waals surface area contributed by atoms with E-state index in [9.17, 15) is 4.79 Å². The highest BCUT2D eigenvalue weighted by atomic mass is 35.5. The van der Waals surface area contributed by atoms with Crippen molar-refractivity contribution in [1.29, 1.82) is 0 Å². The monoisotopic (exact) mass is 491 g/mol. The van der Waals surface area contributed by atoms with Crippen molar-refractivity contribution in [2.45, 2.75) is 32.0 Å². The van der Waals surface area contributed by atoms with Gasteiger partial charge in [-0.25, -0.2) is 0 Å². The molecule has 1 heterocycles. The number of halogens is 1. The zero-order valence-corrected chi connectivity index (χ0v) is 20.7. The number of carbonyl (C=O) groups is 1. The predicted octanol–water partition coefficient (Wildman–Crippen LogP) is 6.27. The molecule has 0 fully saturated rings. The minimum atomic E-state index is -0.0186. The molecule has 0 saturated carbocycles. The number of aromatic nitrogens is 3. The molecule has 2 N–H and O–H groups in total. The zero-order chi connectivity index (χ0) is 23.9. The first-order valence-electron chi connectivity index (χ1n) is 11.0. The van der Waals surface area contributed by atoms with E-state index in [-0.39, 0.29) is 5.91 Å². The van der Waals surface area contributed by atoms with Crippen LogP contribution in [0.2, 0.25) is 5.02 Å². The summed E-state index contributed by atoms with van der Waals surface area (Å²) in [5.41, 5.74) is 5.01. The van der Waals surface area contributed by atoms with Crippen LogP contribution < -0.4 is 10.6 Å². The van der Waals surface area contributed by atoms with E-state index in [0.29, 0.717) is 23.7 Å². The number of carbonyl (C=O) groups excluding carboxylic acids is 1. The van der Waals surface area contributed by atoms with Crippen molar-refractivity contribution in [2.24, 2.45) is 0 Å². The van der Waals surface area contributed by atoms with Crippen LogP contribution in [-0.2, 0) is 11.3 Å². The third kappa shape index (κ3) is 6.18. The molecular weight excluding hydrogens is 466 g/mol. The fraction of sp³-hybridized carbons (Fsp3) is 0.192. The van der Waals surface area contributed by atoms with E-state index in [2.05, 4.69) is 26.9 Å². The van der Waals surface area contributed by atoms with Crippen molar-refractivity contribution < 1.29 is 4.79 Å². The fourth-order valence-electron chi connectivity index (χ4n) is 3.50. The summed E-state index contributed by atoms with van der Waals surface area (Å²) in [7, 11) is 0. The van der Waals surface area contributed by atoms with Gasteiger partial charge in [0.2, 0.25) is 5.91 Å². The molecule has 0 aliphatic heterocycles. The molecule has 6 nitrogen and oxygen atoms in total. The maximum atomic E-state index is 12.5. The molecule has 0 aliphatic carbocycles. The van der Waals surface area contributed by atoms with E-state index in [0.717, 1.165) is 33.6 Å². The minimum absolute atomic E-state index is 0.0186. The van der Waals surface area contributed by atoms with E-state index < -0.39 is 0 Å². The predicted molar refractivity (Wildman–Crippen MR) is 140 cm³/mol. The number of benzene rings is 3. The Kier molecular flexibility index (Phi) is 7.87. The SMILES string of the molecule is Cc1ccc(NC(=O)CCSc2nnc(CNc3ccc(Cl)cc3)n2-c2ccccc2)c(C)c1. The Morgan fingerprint density at radius 3 is 2.50 bits per heavy atom. The summed E-state index contributed by atoms with van der Waals surface area (Å²) in [6, 6.07) is 23.5. The topological polar surface area (TPSA) is 71.8 Å². The Labute approximate surface area is 208 Å². The van der Waals surface area contributed by atoms with Gasteiger partial charge in [0.1, 0.15) is 0 Å². The smallest absolute Gasteiger partial charge is 0.225 e. The van der Waals surface area contributed by atoms with Crippen LogP contribution in [0.1, 0.15) is 23.4 Å². The van der Waals surface area contributed by atoms with Gasteiger partial charge in [-0.05, 0) is 61.9 Å². The number of amides is 1. The average Bonchev–Trinajstić information content (AvgIpc) is 3.24. The number of anilines is 2. The summed E-state index contributed by atoms with van der Waals surface area (Å²) < 4.78 is 2.02. The van der Waals surface area contributed by atoms with E-state index in [1.165, 1.54) is 17.3 Å². The summed E-state index contributed by atoms with van der Waals surface area (Å²) in [5.74, 6) is 1.35. The molecule has 0 bridgehead atoms. The Morgan fingerprint density at radius 1 is 1.00 bits per heavy atom. The molecule has 174 valence electrons. The van der Waals surface area contributed by atoms with Gasteiger partial charge in [-0.3, -0.25) is 9.36 Å². The van der Waals surface area contributed by atoms with Crippen LogP contribution in [0.25, 0.3) is 5.69 Å². The number of rotatable bonds is 9. The van der Waals surface area contributed by atoms with Gasteiger partial charge in [-0.15, -0.1) is 10.2 Å². The van der Waals surface area contributed by atoms with Crippen molar-refractivity contribution in [1.82, 2.24) is 14.8 Å². The Hall–Kier alpha value is -3.29. The second-order valence-electron chi connectivity index (χ2n) is 7.90. The van der Waals surface area contributed by atoms with Crippen molar-refractivity contribution >= 4 is 40.6 Å². The van der Waals surface area contributed by atoms with Gasteiger partial charge in [-0.1, -0.05) is 59.3 Å². The zero-order valence-electron chi connectivity index (χ0n) is 19.1. The number of thioether (sulfide) groups is 1. The number of para-hydroxylation sites is 1.